The molecular formula is C21H36FIN4O2. The van der Waals surface area contributed by atoms with E-state index in [9.17, 15) is 9.50 Å². The van der Waals surface area contributed by atoms with Crippen LogP contribution in [0.3, 0.4) is 0 Å². The fraction of sp³-hybridized carbons (Fsp3) is 0.667. The number of morpholine rings is 1. The molecule has 3 N–H and O–H groups in total. The predicted molar refractivity (Wildman–Crippen MR) is 126 cm³/mol. The van der Waals surface area contributed by atoms with Gasteiger partial charge in [0.2, 0.25) is 0 Å². The van der Waals surface area contributed by atoms with E-state index in [2.05, 4.69) is 29.4 Å². The van der Waals surface area contributed by atoms with Crippen LogP contribution in [0.25, 0.3) is 0 Å². The van der Waals surface area contributed by atoms with Crippen LogP contribution in [0.5, 0.6) is 0 Å². The van der Waals surface area contributed by atoms with Gasteiger partial charge in [0.1, 0.15) is 5.82 Å². The summed E-state index contributed by atoms with van der Waals surface area (Å²) >= 11 is 0. The van der Waals surface area contributed by atoms with Crippen LogP contribution in [0.4, 0.5) is 4.39 Å². The summed E-state index contributed by atoms with van der Waals surface area (Å²) in [5.74, 6) is 0.975. The van der Waals surface area contributed by atoms with Crippen molar-refractivity contribution in [1.29, 1.82) is 0 Å². The molecular weight excluding hydrogens is 486 g/mol. The molecule has 1 aliphatic heterocycles. The van der Waals surface area contributed by atoms with Crippen LogP contribution in [0, 0.1) is 11.7 Å². The number of nitrogens with one attached hydrogen (secondary N) is 2. The zero-order valence-electron chi connectivity index (χ0n) is 17.7. The van der Waals surface area contributed by atoms with Crippen LogP contribution < -0.4 is 10.6 Å². The van der Waals surface area contributed by atoms with Crippen LogP contribution in [0.2, 0.25) is 0 Å². The van der Waals surface area contributed by atoms with Gasteiger partial charge in [-0.2, -0.15) is 0 Å². The van der Waals surface area contributed by atoms with E-state index < -0.39 is 6.10 Å². The minimum absolute atomic E-state index is 0. The highest BCUT2D eigenvalue weighted by molar-refractivity contribution is 14.0. The number of aliphatic hydroxyl groups excluding tert-OH is 1. The van der Waals surface area contributed by atoms with Crippen molar-refractivity contribution < 1.29 is 14.2 Å². The molecule has 6 nitrogen and oxygen atoms in total. The molecule has 2 rings (SSSR count). The smallest absolute Gasteiger partial charge is 0.191 e. The highest BCUT2D eigenvalue weighted by Gasteiger charge is 2.22. The van der Waals surface area contributed by atoms with E-state index in [0.29, 0.717) is 36.6 Å². The van der Waals surface area contributed by atoms with Crippen LogP contribution in [0.15, 0.2) is 29.3 Å². The standard InChI is InChI=1S/C21H35FN4O2.HI/c1-4-23-21(25-15-20(27)17-5-7-18(22)8-6-17)24-14-19(13-16(2)3)26-9-11-28-12-10-26;/h5-8,16,19-20,27H,4,9-15H2,1-3H3,(H2,23,24,25);1H. The maximum absolute atomic E-state index is 13.0. The largest absolute Gasteiger partial charge is 0.387 e. The van der Waals surface area contributed by atoms with Crippen molar-refractivity contribution in [3.05, 3.63) is 35.6 Å². The molecule has 0 spiro atoms. The van der Waals surface area contributed by atoms with E-state index in [4.69, 9.17) is 9.73 Å². The van der Waals surface area contributed by atoms with Gasteiger partial charge in [-0.05, 0) is 37.0 Å². The Morgan fingerprint density at radius 2 is 1.86 bits per heavy atom. The summed E-state index contributed by atoms with van der Waals surface area (Å²) in [6.07, 6.45) is 0.358. The number of aliphatic hydroxyl groups is 1. The predicted octanol–water partition coefficient (Wildman–Crippen LogP) is 2.78. The van der Waals surface area contributed by atoms with E-state index in [1.165, 1.54) is 12.1 Å². The van der Waals surface area contributed by atoms with E-state index >= 15 is 0 Å². The van der Waals surface area contributed by atoms with Gasteiger partial charge in [-0.3, -0.25) is 9.89 Å². The van der Waals surface area contributed by atoms with Crippen LogP contribution in [-0.2, 0) is 4.74 Å². The lowest BCUT2D eigenvalue weighted by Crippen LogP contribution is -2.46. The number of ether oxygens (including phenoxy) is 1. The van der Waals surface area contributed by atoms with Crippen LogP contribution in [-0.4, -0.2) is 67.9 Å². The number of halogens is 2. The second-order valence-corrected chi connectivity index (χ2v) is 7.60. The molecule has 1 aromatic rings. The van der Waals surface area contributed by atoms with Gasteiger partial charge < -0.3 is 20.5 Å². The molecule has 0 radical (unpaired) electrons. The summed E-state index contributed by atoms with van der Waals surface area (Å²) in [6.45, 7) is 11.7. The quantitative estimate of drug-likeness (QED) is 0.265. The van der Waals surface area contributed by atoms with E-state index in [0.717, 1.165) is 39.3 Å². The Morgan fingerprint density at radius 1 is 1.21 bits per heavy atom. The highest BCUT2D eigenvalue weighted by atomic mass is 127. The minimum Gasteiger partial charge on any atom is -0.387 e. The molecule has 1 aromatic carbocycles. The third kappa shape index (κ3) is 9.59. The first-order valence-corrected chi connectivity index (χ1v) is 10.3. The molecule has 1 aliphatic rings. The monoisotopic (exact) mass is 522 g/mol. The van der Waals surface area contributed by atoms with E-state index in [1.807, 2.05) is 6.92 Å². The average molecular weight is 522 g/mol. The maximum Gasteiger partial charge on any atom is 0.191 e. The Labute approximate surface area is 191 Å². The van der Waals surface area contributed by atoms with Gasteiger partial charge in [0.15, 0.2) is 5.96 Å². The fourth-order valence-electron chi connectivity index (χ4n) is 3.36. The van der Waals surface area contributed by atoms with Gasteiger partial charge in [-0.25, -0.2) is 4.39 Å². The summed E-state index contributed by atoms with van der Waals surface area (Å²) in [7, 11) is 0. The molecule has 2 unspecified atom stereocenters. The number of aliphatic imine (C=N–C) groups is 1. The first-order valence-electron chi connectivity index (χ1n) is 10.3. The Hall–Kier alpha value is -0.970. The Morgan fingerprint density at radius 3 is 2.45 bits per heavy atom. The zero-order chi connectivity index (χ0) is 20.4. The second-order valence-electron chi connectivity index (χ2n) is 7.60. The van der Waals surface area contributed by atoms with Gasteiger partial charge in [0.25, 0.3) is 0 Å². The highest BCUT2D eigenvalue weighted by Crippen LogP contribution is 2.14. The number of hydrogen-bond acceptors (Lipinski definition) is 4. The molecule has 0 aliphatic carbocycles. The van der Waals surface area contributed by atoms with Gasteiger partial charge in [-0.15, -0.1) is 24.0 Å². The minimum atomic E-state index is -0.727. The molecule has 166 valence electrons. The lowest BCUT2D eigenvalue weighted by Gasteiger charge is -2.34. The number of hydrogen-bond donors (Lipinski definition) is 3. The molecule has 1 heterocycles. The summed E-state index contributed by atoms with van der Waals surface area (Å²) in [5.41, 5.74) is 0.677. The topological polar surface area (TPSA) is 69.1 Å². The van der Waals surface area contributed by atoms with Crippen molar-refractivity contribution in [1.82, 2.24) is 15.5 Å². The van der Waals surface area contributed by atoms with E-state index in [-0.39, 0.29) is 29.8 Å². The van der Waals surface area contributed by atoms with Gasteiger partial charge >= 0.3 is 0 Å². The number of nitrogens with zero attached hydrogens (tertiary/aromatic N) is 2. The fourth-order valence-corrected chi connectivity index (χ4v) is 3.36. The Kier molecular flexibility index (Phi) is 12.7. The normalized spacial score (nSPS) is 17.5. The zero-order valence-corrected chi connectivity index (χ0v) is 20.1. The summed E-state index contributed by atoms with van der Waals surface area (Å²) < 4.78 is 18.5. The molecule has 0 amide bonds. The van der Waals surface area contributed by atoms with Gasteiger partial charge in [0, 0.05) is 32.2 Å². The van der Waals surface area contributed by atoms with Crippen molar-refractivity contribution >= 4 is 29.9 Å². The second kappa shape index (κ2) is 14.1. The van der Waals surface area contributed by atoms with Crippen molar-refractivity contribution in [2.75, 3.05) is 45.9 Å². The number of benzene rings is 1. The van der Waals surface area contributed by atoms with Gasteiger partial charge in [0.05, 0.1) is 25.9 Å². The first-order chi connectivity index (χ1) is 13.5. The van der Waals surface area contributed by atoms with Crippen molar-refractivity contribution in [3.8, 4) is 0 Å². The number of rotatable bonds is 9. The summed E-state index contributed by atoms with van der Waals surface area (Å²) in [6, 6.07) is 6.29. The molecule has 1 saturated heterocycles. The molecule has 1 fully saturated rings. The van der Waals surface area contributed by atoms with E-state index in [1.54, 1.807) is 12.1 Å². The maximum atomic E-state index is 13.0. The molecule has 0 bridgehead atoms. The van der Waals surface area contributed by atoms with Crippen molar-refractivity contribution in [3.63, 3.8) is 0 Å². The number of guanidine groups is 1. The lowest BCUT2D eigenvalue weighted by atomic mass is 10.0. The Balaban J connectivity index is 0.00000420. The lowest BCUT2D eigenvalue weighted by molar-refractivity contribution is 0.0143. The molecule has 0 saturated carbocycles. The summed E-state index contributed by atoms with van der Waals surface area (Å²) in [5, 5.41) is 16.8. The SMILES string of the molecule is CCNC(=NCC(CC(C)C)N1CCOCC1)NCC(O)c1ccc(F)cc1.I. The molecule has 0 aromatic heterocycles. The average Bonchev–Trinajstić information content (AvgIpc) is 2.69. The van der Waals surface area contributed by atoms with Crippen LogP contribution in [0.1, 0.15) is 38.9 Å². The van der Waals surface area contributed by atoms with Crippen molar-refractivity contribution in [2.45, 2.75) is 39.3 Å². The third-order valence-corrected chi connectivity index (χ3v) is 4.83. The van der Waals surface area contributed by atoms with Gasteiger partial charge in [-0.1, -0.05) is 26.0 Å². The molecule has 29 heavy (non-hydrogen) atoms. The summed E-state index contributed by atoms with van der Waals surface area (Å²) in [4.78, 5) is 7.22. The first kappa shape index (κ1) is 26.1. The van der Waals surface area contributed by atoms with Crippen LogP contribution >= 0.6 is 24.0 Å². The molecule has 8 heteroatoms. The molecule has 2 atom stereocenters. The Bertz CT molecular complexity index is 595. The van der Waals surface area contributed by atoms with Crippen molar-refractivity contribution in [2.24, 2.45) is 10.9 Å². The third-order valence-electron chi connectivity index (χ3n) is 4.83.